The molecule has 3 rings (SSSR count). The first-order chi connectivity index (χ1) is 10.6. The fourth-order valence-corrected chi connectivity index (χ4v) is 3.15. The summed E-state index contributed by atoms with van der Waals surface area (Å²) >= 11 is 0. The number of allylic oxidation sites excluding steroid dienone is 2. The van der Waals surface area contributed by atoms with E-state index in [1.807, 2.05) is 74.5 Å². The smallest absolute Gasteiger partial charge is 0.171 e. The van der Waals surface area contributed by atoms with Gasteiger partial charge in [-0.3, -0.25) is 9.59 Å². The SMILES string of the molecule is CC1=C(C)C(C(=O)c2ccccc2)C1C(=O)c1ccccc1. The topological polar surface area (TPSA) is 34.1 Å². The first-order valence-corrected chi connectivity index (χ1v) is 7.47. The molecular formula is C20H18O2. The van der Waals surface area contributed by atoms with Crippen molar-refractivity contribution < 1.29 is 9.59 Å². The number of hydrogen-bond donors (Lipinski definition) is 0. The van der Waals surface area contributed by atoms with E-state index in [4.69, 9.17) is 0 Å². The zero-order chi connectivity index (χ0) is 15.7. The fourth-order valence-electron chi connectivity index (χ4n) is 3.15. The van der Waals surface area contributed by atoms with Crippen LogP contribution in [0.4, 0.5) is 0 Å². The van der Waals surface area contributed by atoms with Crippen molar-refractivity contribution in [2.24, 2.45) is 11.8 Å². The minimum Gasteiger partial charge on any atom is -0.293 e. The standard InChI is InChI=1S/C20H18O2/c1-13-14(2)18(20(22)16-11-7-4-8-12-16)17(13)19(21)15-9-5-3-6-10-15/h3-12,17-18H,1-2H3. The third-order valence-corrected chi connectivity index (χ3v) is 4.57. The molecule has 0 amide bonds. The highest BCUT2D eigenvalue weighted by molar-refractivity contribution is 6.09. The number of benzene rings is 2. The lowest BCUT2D eigenvalue weighted by atomic mass is 9.63. The third-order valence-electron chi connectivity index (χ3n) is 4.57. The van der Waals surface area contributed by atoms with Crippen molar-refractivity contribution in [3.63, 3.8) is 0 Å². The van der Waals surface area contributed by atoms with E-state index in [0.29, 0.717) is 11.1 Å². The van der Waals surface area contributed by atoms with Crippen LogP contribution >= 0.6 is 0 Å². The molecule has 0 fully saturated rings. The molecule has 2 aromatic carbocycles. The quantitative estimate of drug-likeness (QED) is 0.620. The Morgan fingerprint density at radius 3 is 1.27 bits per heavy atom. The van der Waals surface area contributed by atoms with Gasteiger partial charge in [-0.15, -0.1) is 0 Å². The second-order valence-corrected chi connectivity index (χ2v) is 5.78. The summed E-state index contributed by atoms with van der Waals surface area (Å²) < 4.78 is 0. The zero-order valence-electron chi connectivity index (χ0n) is 12.7. The fraction of sp³-hybridized carbons (Fsp3) is 0.200. The molecule has 0 radical (unpaired) electrons. The van der Waals surface area contributed by atoms with Crippen molar-refractivity contribution in [1.29, 1.82) is 0 Å². The van der Waals surface area contributed by atoms with Crippen molar-refractivity contribution in [1.82, 2.24) is 0 Å². The summed E-state index contributed by atoms with van der Waals surface area (Å²) in [6, 6.07) is 18.4. The summed E-state index contributed by atoms with van der Waals surface area (Å²) in [6.45, 7) is 3.91. The van der Waals surface area contributed by atoms with Gasteiger partial charge < -0.3 is 0 Å². The van der Waals surface area contributed by atoms with Gasteiger partial charge >= 0.3 is 0 Å². The van der Waals surface area contributed by atoms with Gasteiger partial charge in [0.15, 0.2) is 11.6 Å². The van der Waals surface area contributed by atoms with Crippen LogP contribution in [0.3, 0.4) is 0 Å². The number of carbonyl (C=O) groups is 2. The molecule has 0 aliphatic heterocycles. The molecule has 1 aliphatic carbocycles. The molecule has 2 nitrogen and oxygen atoms in total. The molecule has 0 N–H and O–H groups in total. The summed E-state index contributed by atoms with van der Waals surface area (Å²) in [5.74, 6) is -0.568. The van der Waals surface area contributed by atoms with Crippen LogP contribution < -0.4 is 0 Å². The largest absolute Gasteiger partial charge is 0.293 e. The molecule has 22 heavy (non-hydrogen) atoms. The molecule has 2 unspecified atom stereocenters. The summed E-state index contributed by atoms with van der Waals surface area (Å²) in [7, 11) is 0. The van der Waals surface area contributed by atoms with E-state index in [2.05, 4.69) is 0 Å². The number of rotatable bonds is 4. The second-order valence-electron chi connectivity index (χ2n) is 5.78. The van der Waals surface area contributed by atoms with E-state index >= 15 is 0 Å². The van der Waals surface area contributed by atoms with Crippen LogP contribution in [-0.4, -0.2) is 11.6 Å². The molecule has 0 heterocycles. The monoisotopic (exact) mass is 290 g/mol. The molecule has 110 valence electrons. The molecular weight excluding hydrogens is 272 g/mol. The lowest BCUT2D eigenvalue weighted by Gasteiger charge is -2.37. The highest BCUT2D eigenvalue weighted by Crippen LogP contribution is 2.44. The molecule has 0 bridgehead atoms. The van der Waals surface area contributed by atoms with Gasteiger partial charge in [0.1, 0.15) is 0 Å². The highest BCUT2D eigenvalue weighted by Gasteiger charge is 2.44. The van der Waals surface area contributed by atoms with Crippen molar-refractivity contribution >= 4 is 11.6 Å². The van der Waals surface area contributed by atoms with E-state index in [0.717, 1.165) is 11.1 Å². The minimum atomic E-state index is -0.324. The van der Waals surface area contributed by atoms with Gasteiger partial charge in [0.2, 0.25) is 0 Å². The van der Waals surface area contributed by atoms with E-state index in [1.165, 1.54) is 0 Å². The highest BCUT2D eigenvalue weighted by atomic mass is 16.1. The molecule has 2 atom stereocenters. The Balaban J connectivity index is 1.92. The van der Waals surface area contributed by atoms with Gasteiger partial charge in [0, 0.05) is 11.1 Å². The van der Waals surface area contributed by atoms with Crippen LogP contribution in [0.25, 0.3) is 0 Å². The van der Waals surface area contributed by atoms with Crippen LogP contribution in [0, 0.1) is 11.8 Å². The van der Waals surface area contributed by atoms with E-state index in [1.54, 1.807) is 0 Å². The van der Waals surface area contributed by atoms with Crippen LogP contribution in [0.2, 0.25) is 0 Å². The summed E-state index contributed by atoms with van der Waals surface area (Å²) in [6.07, 6.45) is 0. The maximum atomic E-state index is 12.7. The number of ketones is 2. The number of Topliss-reactive ketones (excluding diaryl/α,β-unsaturated/α-hetero) is 2. The summed E-state index contributed by atoms with van der Waals surface area (Å²) in [5.41, 5.74) is 3.40. The van der Waals surface area contributed by atoms with E-state index in [9.17, 15) is 9.59 Å². The van der Waals surface area contributed by atoms with Crippen LogP contribution in [0.1, 0.15) is 34.6 Å². The van der Waals surface area contributed by atoms with Crippen molar-refractivity contribution in [3.05, 3.63) is 82.9 Å². The van der Waals surface area contributed by atoms with Gasteiger partial charge in [0.25, 0.3) is 0 Å². The Hall–Kier alpha value is -2.48. The van der Waals surface area contributed by atoms with E-state index in [-0.39, 0.29) is 23.4 Å². The maximum Gasteiger partial charge on any atom is 0.171 e. The van der Waals surface area contributed by atoms with Crippen LogP contribution in [-0.2, 0) is 0 Å². The Labute approximate surface area is 130 Å². The van der Waals surface area contributed by atoms with E-state index < -0.39 is 0 Å². The Morgan fingerprint density at radius 1 is 0.636 bits per heavy atom. The molecule has 0 saturated heterocycles. The lowest BCUT2D eigenvalue weighted by molar-refractivity contribution is 0.0786. The third kappa shape index (κ3) is 2.31. The van der Waals surface area contributed by atoms with Gasteiger partial charge in [0.05, 0.1) is 11.8 Å². The maximum absolute atomic E-state index is 12.7. The normalized spacial score (nSPS) is 20.5. The number of carbonyl (C=O) groups excluding carboxylic acids is 2. The first kappa shape index (κ1) is 14.5. The predicted octanol–water partition coefficient (Wildman–Crippen LogP) is 4.33. The summed E-state index contributed by atoms with van der Waals surface area (Å²) in [5, 5.41) is 0. The molecule has 2 aromatic rings. The van der Waals surface area contributed by atoms with Gasteiger partial charge in [-0.1, -0.05) is 71.8 Å². The summed E-state index contributed by atoms with van der Waals surface area (Å²) in [4.78, 5) is 25.5. The van der Waals surface area contributed by atoms with Crippen molar-refractivity contribution in [3.8, 4) is 0 Å². The molecule has 0 aromatic heterocycles. The molecule has 2 heteroatoms. The van der Waals surface area contributed by atoms with Gasteiger partial charge in [-0.05, 0) is 13.8 Å². The molecule has 0 saturated carbocycles. The van der Waals surface area contributed by atoms with Gasteiger partial charge in [-0.2, -0.15) is 0 Å². The first-order valence-electron chi connectivity index (χ1n) is 7.47. The van der Waals surface area contributed by atoms with Crippen molar-refractivity contribution in [2.45, 2.75) is 13.8 Å². The Kier molecular flexibility index (Phi) is 3.76. The molecule has 1 aliphatic rings. The number of hydrogen-bond acceptors (Lipinski definition) is 2. The van der Waals surface area contributed by atoms with Crippen LogP contribution in [0.5, 0.6) is 0 Å². The Bertz CT molecular complexity index is 676. The predicted molar refractivity (Wildman–Crippen MR) is 86.9 cm³/mol. The van der Waals surface area contributed by atoms with Gasteiger partial charge in [-0.25, -0.2) is 0 Å². The zero-order valence-corrected chi connectivity index (χ0v) is 12.7. The average Bonchev–Trinajstić information content (AvgIpc) is 2.59. The van der Waals surface area contributed by atoms with Crippen molar-refractivity contribution in [2.75, 3.05) is 0 Å². The van der Waals surface area contributed by atoms with Crippen LogP contribution in [0.15, 0.2) is 71.8 Å². The minimum absolute atomic E-state index is 0.0398. The average molecular weight is 290 g/mol. The molecule has 0 spiro atoms. The second kappa shape index (κ2) is 5.72. The lowest BCUT2D eigenvalue weighted by Crippen LogP contribution is -2.40. The Morgan fingerprint density at radius 2 is 0.955 bits per heavy atom.